The van der Waals surface area contributed by atoms with E-state index in [4.69, 9.17) is 9.47 Å². The first-order chi connectivity index (χ1) is 15.6. The molecule has 3 aromatic rings. The van der Waals surface area contributed by atoms with Gasteiger partial charge in [0, 0.05) is 12.0 Å². The molecule has 0 fully saturated rings. The smallest absolute Gasteiger partial charge is 0.168 e. The van der Waals surface area contributed by atoms with Gasteiger partial charge in [0.1, 0.15) is 19.8 Å². The average Bonchev–Trinajstić information content (AvgIpc) is 3.00. The lowest BCUT2D eigenvalue weighted by Gasteiger charge is -2.31. The van der Waals surface area contributed by atoms with Crippen molar-refractivity contribution in [1.29, 1.82) is 0 Å². The maximum Gasteiger partial charge on any atom is 0.168 e. The van der Waals surface area contributed by atoms with Gasteiger partial charge in [0.2, 0.25) is 0 Å². The van der Waals surface area contributed by atoms with Crippen LogP contribution in [0.25, 0.3) is 0 Å². The van der Waals surface area contributed by atoms with Gasteiger partial charge in [0.25, 0.3) is 0 Å². The molecule has 2 heterocycles. The van der Waals surface area contributed by atoms with Gasteiger partial charge < -0.3 is 19.5 Å². The number of carbonyl (C=O) groups is 1. The molecular formula is C27H28NO4+. The fraction of sp³-hybridized carbons (Fsp3) is 0.296. The maximum absolute atomic E-state index is 12.9. The Kier molecular flexibility index (Phi) is 5.68. The number of nitrogens with one attached hydrogen (secondary N) is 1. The summed E-state index contributed by atoms with van der Waals surface area (Å²) >= 11 is 0. The summed E-state index contributed by atoms with van der Waals surface area (Å²) < 4.78 is 11.2. The third kappa shape index (κ3) is 4.01. The lowest BCUT2D eigenvalue weighted by molar-refractivity contribution is -0.905. The van der Waals surface area contributed by atoms with Crippen molar-refractivity contribution in [3.8, 4) is 11.5 Å². The second-order valence-corrected chi connectivity index (χ2v) is 8.59. The normalized spacial score (nSPS) is 22.0. The maximum atomic E-state index is 12.9. The minimum Gasteiger partial charge on any atom is -0.486 e. The molecule has 2 aliphatic heterocycles. The molecule has 5 nitrogen and oxygen atoms in total. The predicted molar refractivity (Wildman–Crippen MR) is 122 cm³/mol. The molecule has 0 amide bonds. The van der Waals surface area contributed by atoms with Crippen molar-refractivity contribution in [1.82, 2.24) is 0 Å². The molecule has 2 atom stereocenters. The van der Waals surface area contributed by atoms with Crippen LogP contribution in [0.3, 0.4) is 0 Å². The van der Waals surface area contributed by atoms with Crippen LogP contribution in [0.4, 0.5) is 0 Å². The number of Topliss-reactive ketones (excluding diaryl/α,β-unsaturated/α-hetero) is 1. The summed E-state index contributed by atoms with van der Waals surface area (Å²) in [6.45, 7) is 3.10. The topological polar surface area (TPSA) is 60.2 Å². The van der Waals surface area contributed by atoms with E-state index in [9.17, 15) is 9.90 Å². The standard InChI is InChI=1S/C27H27NO4/c29-24(21-10-11-25-26(18-21)32-17-16-31-25)13-15-28-14-12-20-6-4-5-9-23(20)27(30,19-28)22-7-2-1-3-8-22/h1-11,18,30H,12-17,19H2/p+1. The summed E-state index contributed by atoms with van der Waals surface area (Å²) in [5.74, 6) is 1.41. The molecule has 2 aliphatic rings. The molecule has 0 bridgehead atoms. The second kappa shape index (κ2) is 8.77. The van der Waals surface area contributed by atoms with E-state index in [1.807, 2.05) is 60.7 Å². The van der Waals surface area contributed by atoms with Gasteiger partial charge in [0.05, 0.1) is 19.5 Å². The average molecular weight is 431 g/mol. The molecule has 164 valence electrons. The number of ketones is 1. The van der Waals surface area contributed by atoms with Crippen molar-refractivity contribution >= 4 is 5.78 Å². The number of rotatable bonds is 5. The van der Waals surface area contributed by atoms with Crippen LogP contribution >= 0.6 is 0 Å². The fourth-order valence-corrected chi connectivity index (χ4v) is 4.83. The Morgan fingerprint density at radius 1 is 0.938 bits per heavy atom. The Morgan fingerprint density at radius 3 is 2.53 bits per heavy atom. The van der Waals surface area contributed by atoms with Crippen LogP contribution < -0.4 is 14.4 Å². The summed E-state index contributed by atoms with van der Waals surface area (Å²) in [6, 6.07) is 23.4. The lowest BCUT2D eigenvalue weighted by atomic mass is 9.83. The van der Waals surface area contributed by atoms with Gasteiger partial charge in [-0.3, -0.25) is 4.79 Å². The second-order valence-electron chi connectivity index (χ2n) is 8.59. The molecule has 2 N–H and O–H groups in total. The molecule has 0 saturated carbocycles. The minimum atomic E-state index is -1.08. The van der Waals surface area contributed by atoms with E-state index in [0.29, 0.717) is 49.8 Å². The Bertz CT molecular complexity index is 1110. The Balaban J connectivity index is 1.34. The highest BCUT2D eigenvalue weighted by Gasteiger charge is 2.40. The zero-order valence-corrected chi connectivity index (χ0v) is 18.0. The van der Waals surface area contributed by atoms with Gasteiger partial charge in [-0.1, -0.05) is 54.6 Å². The van der Waals surface area contributed by atoms with Gasteiger partial charge in [-0.25, -0.2) is 0 Å². The Labute approximate surface area is 188 Å². The Hall–Kier alpha value is -3.15. The van der Waals surface area contributed by atoms with Gasteiger partial charge >= 0.3 is 0 Å². The Morgan fingerprint density at radius 2 is 1.69 bits per heavy atom. The summed E-state index contributed by atoms with van der Waals surface area (Å²) in [6.07, 6.45) is 1.29. The van der Waals surface area contributed by atoms with Crippen molar-refractivity contribution < 1.29 is 24.3 Å². The zero-order valence-electron chi connectivity index (χ0n) is 18.0. The van der Waals surface area contributed by atoms with E-state index in [-0.39, 0.29) is 5.78 Å². The van der Waals surface area contributed by atoms with Gasteiger partial charge in [-0.15, -0.1) is 0 Å². The summed E-state index contributed by atoms with van der Waals surface area (Å²) in [7, 11) is 0. The van der Waals surface area contributed by atoms with Crippen LogP contribution in [-0.2, 0) is 12.0 Å². The number of quaternary nitrogens is 1. The highest BCUT2D eigenvalue weighted by Crippen LogP contribution is 2.33. The first kappa shape index (κ1) is 20.7. The van der Waals surface area contributed by atoms with Crippen LogP contribution in [0.2, 0.25) is 0 Å². The highest BCUT2D eigenvalue weighted by atomic mass is 16.6. The number of hydrogen-bond acceptors (Lipinski definition) is 4. The van der Waals surface area contributed by atoms with Gasteiger partial charge in [-0.05, 0) is 34.9 Å². The first-order valence-corrected chi connectivity index (χ1v) is 11.3. The van der Waals surface area contributed by atoms with E-state index in [2.05, 4.69) is 6.07 Å². The van der Waals surface area contributed by atoms with Gasteiger partial charge in [0.15, 0.2) is 22.9 Å². The van der Waals surface area contributed by atoms with E-state index in [1.54, 1.807) is 6.07 Å². The molecule has 0 saturated heterocycles. The molecule has 32 heavy (non-hydrogen) atoms. The number of fused-ring (bicyclic) bond motifs is 2. The highest BCUT2D eigenvalue weighted by molar-refractivity contribution is 5.96. The molecule has 0 spiro atoms. The molecule has 2 unspecified atom stereocenters. The van der Waals surface area contributed by atoms with E-state index < -0.39 is 5.60 Å². The van der Waals surface area contributed by atoms with E-state index in [1.165, 1.54) is 10.5 Å². The zero-order chi connectivity index (χ0) is 22.0. The molecule has 0 aliphatic carbocycles. The van der Waals surface area contributed by atoms with Crippen LogP contribution in [0.1, 0.15) is 33.5 Å². The number of ether oxygens (including phenoxy) is 2. The summed E-state index contributed by atoms with van der Waals surface area (Å²) in [5, 5.41) is 11.9. The lowest BCUT2D eigenvalue weighted by Crippen LogP contribution is -3.13. The largest absolute Gasteiger partial charge is 0.486 e. The van der Waals surface area contributed by atoms with Gasteiger partial charge in [-0.2, -0.15) is 0 Å². The van der Waals surface area contributed by atoms with Crippen LogP contribution in [-0.4, -0.2) is 43.7 Å². The van der Waals surface area contributed by atoms with Crippen molar-refractivity contribution in [3.63, 3.8) is 0 Å². The number of hydrogen-bond donors (Lipinski definition) is 2. The summed E-state index contributed by atoms with van der Waals surface area (Å²) in [4.78, 5) is 14.2. The molecule has 0 radical (unpaired) electrons. The molecule has 0 aromatic heterocycles. The monoisotopic (exact) mass is 430 g/mol. The van der Waals surface area contributed by atoms with Crippen molar-refractivity contribution in [2.75, 3.05) is 32.8 Å². The quantitative estimate of drug-likeness (QED) is 0.611. The van der Waals surface area contributed by atoms with Crippen LogP contribution in [0.15, 0.2) is 72.8 Å². The van der Waals surface area contributed by atoms with Crippen molar-refractivity contribution in [3.05, 3.63) is 95.1 Å². The van der Waals surface area contributed by atoms with Crippen LogP contribution in [0.5, 0.6) is 11.5 Å². The first-order valence-electron chi connectivity index (χ1n) is 11.3. The third-order valence-electron chi connectivity index (χ3n) is 6.54. The molecule has 3 aromatic carbocycles. The SMILES string of the molecule is O=C(CC[NH+]1CCc2ccccc2C(O)(c2ccccc2)C1)c1ccc2c(c1)OCCO2. The van der Waals surface area contributed by atoms with E-state index >= 15 is 0 Å². The number of benzene rings is 3. The van der Waals surface area contributed by atoms with Crippen LogP contribution in [0, 0.1) is 0 Å². The minimum absolute atomic E-state index is 0.0829. The molecular weight excluding hydrogens is 402 g/mol. The number of carbonyl (C=O) groups excluding carboxylic acids is 1. The van der Waals surface area contributed by atoms with Crippen molar-refractivity contribution in [2.45, 2.75) is 18.4 Å². The van der Waals surface area contributed by atoms with E-state index in [0.717, 1.165) is 24.1 Å². The number of aliphatic hydroxyl groups is 1. The molecule has 5 rings (SSSR count). The fourth-order valence-electron chi connectivity index (χ4n) is 4.83. The third-order valence-corrected chi connectivity index (χ3v) is 6.54. The predicted octanol–water partition coefficient (Wildman–Crippen LogP) is 2.41. The summed E-state index contributed by atoms with van der Waals surface area (Å²) in [5.41, 5.74) is 2.60. The van der Waals surface area contributed by atoms with Crippen molar-refractivity contribution in [2.24, 2.45) is 0 Å². The molecule has 5 heteroatoms.